The Morgan fingerprint density at radius 1 is 0.842 bits per heavy atom. The van der Waals surface area contributed by atoms with Crippen molar-refractivity contribution in [2.75, 3.05) is 6.79 Å². The molecule has 3 heterocycles. The topological polar surface area (TPSA) is 66.2 Å². The van der Waals surface area contributed by atoms with Crippen molar-refractivity contribution in [1.29, 1.82) is 0 Å². The maximum Gasteiger partial charge on any atom is 0.231 e. The fraction of sp³-hybridized carbons (Fsp3) is 0.281. The highest BCUT2D eigenvalue weighted by Crippen LogP contribution is 2.33. The summed E-state index contributed by atoms with van der Waals surface area (Å²) in [6.07, 6.45) is 3.24. The quantitative estimate of drug-likeness (QED) is 0.211. The van der Waals surface area contributed by atoms with Crippen LogP contribution in [0.1, 0.15) is 48.0 Å². The Balaban J connectivity index is 1.32. The summed E-state index contributed by atoms with van der Waals surface area (Å²) in [5.74, 6) is 2.58. The SMILES string of the molecule is CCCCc1nc(-c2ccccc2)[nH]c1CN(Cc1ccc2c(c1)OCO2)Cc1ccc2[nH]c(C)cc2c1. The molecule has 1 aliphatic rings. The first kappa shape index (κ1) is 24.3. The summed E-state index contributed by atoms with van der Waals surface area (Å²) < 4.78 is 11.2. The summed E-state index contributed by atoms with van der Waals surface area (Å²) in [4.78, 5) is 14.7. The van der Waals surface area contributed by atoms with E-state index < -0.39 is 0 Å². The number of ether oxygens (including phenoxy) is 2. The monoisotopic (exact) mass is 506 g/mol. The number of nitrogens with zero attached hydrogens (tertiary/aromatic N) is 2. The number of hydrogen-bond donors (Lipinski definition) is 2. The van der Waals surface area contributed by atoms with E-state index in [9.17, 15) is 0 Å². The summed E-state index contributed by atoms with van der Waals surface area (Å²) in [6.45, 7) is 7.00. The smallest absolute Gasteiger partial charge is 0.231 e. The summed E-state index contributed by atoms with van der Waals surface area (Å²) in [7, 11) is 0. The lowest BCUT2D eigenvalue weighted by Gasteiger charge is -2.23. The minimum atomic E-state index is 0.287. The Kier molecular flexibility index (Phi) is 6.88. The first-order valence-corrected chi connectivity index (χ1v) is 13.5. The molecule has 2 aromatic heterocycles. The van der Waals surface area contributed by atoms with Gasteiger partial charge in [0, 0.05) is 36.4 Å². The molecular weight excluding hydrogens is 472 g/mol. The van der Waals surface area contributed by atoms with Crippen LogP contribution in [0.5, 0.6) is 11.5 Å². The average Bonchev–Trinajstić information content (AvgIpc) is 3.65. The van der Waals surface area contributed by atoms with Crippen LogP contribution < -0.4 is 9.47 Å². The number of imidazole rings is 1. The van der Waals surface area contributed by atoms with Crippen LogP contribution in [0.3, 0.4) is 0 Å². The zero-order valence-electron chi connectivity index (χ0n) is 22.1. The number of aromatic nitrogens is 3. The van der Waals surface area contributed by atoms with Gasteiger partial charge in [-0.05, 0) is 66.6 Å². The van der Waals surface area contributed by atoms with Crippen LogP contribution in [-0.2, 0) is 26.1 Å². The van der Waals surface area contributed by atoms with E-state index in [1.807, 2.05) is 12.1 Å². The highest BCUT2D eigenvalue weighted by Gasteiger charge is 2.18. The Morgan fingerprint density at radius 3 is 2.47 bits per heavy atom. The van der Waals surface area contributed by atoms with Gasteiger partial charge in [0.2, 0.25) is 6.79 Å². The van der Waals surface area contributed by atoms with E-state index in [0.29, 0.717) is 0 Å². The molecular formula is C32H34N4O2. The Bertz CT molecular complexity index is 1540. The number of fused-ring (bicyclic) bond motifs is 2. The van der Waals surface area contributed by atoms with Gasteiger partial charge in [-0.2, -0.15) is 0 Å². The summed E-state index contributed by atoms with van der Waals surface area (Å²) >= 11 is 0. The first-order valence-electron chi connectivity index (χ1n) is 13.5. The molecule has 0 saturated carbocycles. The van der Waals surface area contributed by atoms with Crippen LogP contribution >= 0.6 is 0 Å². The molecule has 2 N–H and O–H groups in total. The van der Waals surface area contributed by atoms with Gasteiger partial charge in [-0.25, -0.2) is 4.98 Å². The van der Waals surface area contributed by atoms with Gasteiger partial charge >= 0.3 is 0 Å². The normalized spacial score (nSPS) is 12.6. The van der Waals surface area contributed by atoms with Crippen molar-refractivity contribution >= 4 is 10.9 Å². The van der Waals surface area contributed by atoms with E-state index in [4.69, 9.17) is 14.5 Å². The first-order chi connectivity index (χ1) is 18.6. The van der Waals surface area contributed by atoms with E-state index in [2.05, 4.69) is 89.4 Å². The van der Waals surface area contributed by atoms with Crippen molar-refractivity contribution in [1.82, 2.24) is 19.9 Å². The molecule has 0 radical (unpaired) electrons. The number of aryl methyl sites for hydroxylation is 2. The van der Waals surface area contributed by atoms with Crippen molar-refractivity contribution in [2.24, 2.45) is 0 Å². The van der Waals surface area contributed by atoms with E-state index in [0.717, 1.165) is 67.5 Å². The third-order valence-electron chi connectivity index (χ3n) is 7.13. The lowest BCUT2D eigenvalue weighted by atomic mass is 10.1. The summed E-state index contributed by atoms with van der Waals surface area (Å²) in [6, 6.07) is 25.6. The molecule has 1 aliphatic heterocycles. The van der Waals surface area contributed by atoms with Crippen LogP contribution in [0.4, 0.5) is 0 Å². The molecule has 194 valence electrons. The maximum atomic E-state index is 5.66. The van der Waals surface area contributed by atoms with Crippen molar-refractivity contribution in [3.8, 4) is 22.9 Å². The second kappa shape index (κ2) is 10.8. The molecule has 5 aromatic rings. The predicted molar refractivity (Wildman–Crippen MR) is 151 cm³/mol. The number of H-pyrrole nitrogens is 2. The predicted octanol–water partition coefficient (Wildman–Crippen LogP) is 7.14. The minimum Gasteiger partial charge on any atom is -0.454 e. The van der Waals surface area contributed by atoms with Gasteiger partial charge < -0.3 is 19.4 Å². The molecule has 0 aliphatic carbocycles. The number of benzene rings is 3. The summed E-state index contributed by atoms with van der Waals surface area (Å²) in [5.41, 5.74) is 8.32. The second-order valence-electron chi connectivity index (χ2n) is 10.2. The maximum absolute atomic E-state index is 5.66. The van der Waals surface area contributed by atoms with E-state index in [1.165, 1.54) is 33.4 Å². The van der Waals surface area contributed by atoms with Crippen molar-refractivity contribution in [3.63, 3.8) is 0 Å². The van der Waals surface area contributed by atoms with Crippen LogP contribution in [0, 0.1) is 6.92 Å². The number of aromatic amines is 2. The molecule has 0 spiro atoms. The molecule has 0 unspecified atom stereocenters. The molecule has 0 amide bonds. The zero-order chi connectivity index (χ0) is 25.9. The molecule has 3 aromatic carbocycles. The largest absolute Gasteiger partial charge is 0.454 e. The highest BCUT2D eigenvalue weighted by molar-refractivity contribution is 5.81. The van der Waals surface area contributed by atoms with Gasteiger partial charge in [-0.1, -0.05) is 55.8 Å². The molecule has 6 rings (SSSR count). The van der Waals surface area contributed by atoms with Gasteiger partial charge in [0.1, 0.15) is 5.82 Å². The van der Waals surface area contributed by atoms with Crippen molar-refractivity contribution in [3.05, 3.63) is 101 Å². The van der Waals surface area contributed by atoms with E-state index >= 15 is 0 Å². The third-order valence-corrected chi connectivity index (χ3v) is 7.13. The lowest BCUT2D eigenvalue weighted by molar-refractivity contribution is 0.174. The highest BCUT2D eigenvalue weighted by atomic mass is 16.7. The third kappa shape index (κ3) is 5.31. The zero-order valence-corrected chi connectivity index (χ0v) is 22.1. The lowest BCUT2D eigenvalue weighted by Crippen LogP contribution is -2.23. The van der Waals surface area contributed by atoms with E-state index in [1.54, 1.807) is 0 Å². The van der Waals surface area contributed by atoms with Crippen molar-refractivity contribution < 1.29 is 9.47 Å². The summed E-state index contributed by atoms with van der Waals surface area (Å²) in [5, 5.41) is 1.25. The van der Waals surface area contributed by atoms with Crippen LogP contribution in [-0.4, -0.2) is 26.6 Å². The average molecular weight is 507 g/mol. The van der Waals surface area contributed by atoms with Gasteiger partial charge in [-0.15, -0.1) is 0 Å². The van der Waals surface area contributed by atoms with Gasteiger partial charge in [0.05, 0.1) is 11.4 Å². The van der Waals surface area contributed by atoms with Gasteiger partial charge in [0.25, 0.3) is 0 Å². The fourth-order valence-corrected chi connectivity index (χ4v) is 5.23. The van der Waals surface area contributed by atoms with Crippen molar-refractivity contribution in [2.45, 2.75) is 52.7 Å². The molecule has 0 saturated heterocycles. The van der Waals surface area contributed by atoms with Crippen LogP contribution in [0.2, 0.25) is 0 Å². The number of rotatable bonds is 10. The second-order valence-corrected chi connectivity index (χ2v) is 10.2. The number of hydrogen-bond acceptors (Lipinski definition) is 4. The molecule has 6 heteroatoms. The Morgan fingerprint density at radius 2 is 1.63 bits per heavy atom. The molecule has 0 atom stereocenters. The standard InChI is InChI=1S/C32H34N4O2/c1-3-4-10-28-29(35-32(34-28)25-8-6-5-7-9-25)20-36(19-24-12-14-30-31(17-24)38-21-37-30)18-23-11-13-27-26(16-23)15-22(2)33-27/h5-9,11-17,33H,3-4,10,18-21H2,1-2H3,(H,34,35). The van der Waals surface area contributed by atoms with Gasteiger partial charge in [-0.3, -0.25) is 4.90 Å². The Labute approximate surface area is 223 Å². The molecule has 6 nitrogen and oxygen atoms in total. The molecule has 0 bridgehead atoms. The van der Waals surface area contributed by atoms with E-state index in [-0.39, 0.29) is 6.79 Å². The fourth-order valence-electron chi connectivity index (χ4n) is 5.23. The van der Waals surface area contributed by atoms with Gasteiger partial charge in [0.15, 0.2) is 11.5 Å². The van der Waals surface area contributed by atoms with Crippen LogP contribution in [0.25, 0.3) is 22.3 Å². The Hall–Kier alpha value is -4.03. The number of nitrogens with one attached hydrogen (secondary N) is 2. The molecule has 0 fully saturated rings. The number of unbranched alkanes of at least 4 members (excludes halogenated alkanes) is 1. The molecule has 38 heavy (non-hydrogen) atoms. The van der Waals surface area contributed by atoms with Crippen LogP contribution in [0.15, 0.2) is 72.8 Å². The minimum absolute atomic E-state index is 0.287.